The number of para-hydroxylation sites is 1. The number of sulfonamides is 1. The SMILES string of the molecule is O=c1cc(C(F)(F)F)c2cc(Cc3ccc(S(=O)(=O)Nc4ccccc4CNCC4CCCCC4)cc3)ccc2[nH]1. The van der Waals surface area contributed by atoms with Crippen LogP contribution in [-0.4, -0.2) is 19.9 Å². The molecule has 0 aliphatic heterocycles. The molecule has 4 aromatic rings. The average Bonchev–Trinajstić information content (AvgIpc) is 2.94. The van der Waals surface area contributed by atoms with Gasteiger partial charge in [0.2, 0.25) is 5.56 Å². The number of alkyl halides is 3. The van der Waals surface area contributed by atoms with Crippen LogP contribution in [0.2, 0.25) is 0 Å². The molecule has 216 valence electrons. The maximum absolute atomic E-state index is 13.5. The van der Waals surface area contributed by atoms with Crippen LogP contribution in [0.3, 0.4) is 0 Å². The minimum absolute atomic E-state index is 0.0849. The Hall–Kier alpha value is -3.63. The van der Waals surface area contributed by atoms with Crippen LogP contribution >= 0.6 is 0 Å². The van der Waals surface area contributed by atoms with Crippen LogP contribution in [0.25, 0.3) is 10.9 Å². The molecule has 1 saturated carbocycles. The predicted molar refractivity (Wildman–Crippen MR) is 154 cm³/mol. The lowest BCUT2D eigenvalue weighted by molar-refractivity contribution is -0.136. The molecule has 0 spiro atoms. The highest BCUT2D eigenvalue weighted by Crippen LogP contribution is 2.34. The van der Waals surface area contributed by atoms with Crippen molar-refractivity contribution in [1.82, 2.24) is 10.3 Å². The van der Waals surface area contributed by atoms with Gasteiger partial charge in [-0.1, -0.05) is 55.7 Å². The van der Waals surface area contributed by atoms with E-state index in [1.165, 1.54) is 56.4 Å². The first kappa shape index (κ1) is 28.9. The van der Waals surface area contributed by atoms with Gasteiger partial charge >= 0.3 is 6.18 Å². The lowest BCUT2D eigenvalue weighted by atomic mass is 9.89. The highest BCUT2D eigenvalue weighted by Gasteiger charge is 2.33. The van der Waals surface area contributed by atoms with Crippen LogP contribution in [-0.2, 0) is 29.2 Å². The van der Waals surface area contributed by atoms with Crippen LogP contribution in [0.5, 0.6) is 0 Å². The van der Waals surface area contributed by atoms with E-state index in [1.54, 1.807) is 30.3 Å². The third-order valence-electron chi connectivity index (χ3n) is 7.59. The minimum atomic E-state index is -4.67. The van der Waals surface area contributed by atoms with Crippen molar-refractivity contribution in [3.63, 3.8) is 0 Å². The van der Waals surface area contributed by atoms with Crippen molar-refractivity contribution in [2.75, 3.05) is 11.3 Å². The molecule has 0 unspecified atom stereocenters. The quantitative estimate of drug-likeness (QED) is 0.207. The largest absolute Gasteiger partial charge is 0.417 e. The highest BCUT2D eigenvalue weighted by atomic mass is 32.2. The summed E-state index contributed by atoms with van der Waals surface area (Å²) in [5.41, 5.74) is 0.996. The van der Waals surface area contributed by atoms with E-state index >= 15 is 0 Å². The smallest absolute Gasteiger partial charge is 0.322 e. The summed E-state index contributed by atoms with van der Waals surface area (Å²) in [5.74, 6) is 0.663. The molecule has 0 radical (unpaired) electrons. The van der Waals surface area contributed by atoms with E-state index < -0.39 is 27.3 Å². The molecule has 0 saturated heterocycles. The van der Waals surface area contributed by atoms with Crippen molar-refractivity contribution >= 4 is 26.6 Å². The maximum atomic E-state index is 13.5. The number of benzene rings is 3. The number of H-pyrrole nitrogens is 1. The van der Waals surface area contributed by atoms with E-state index in [4.69, 9.17) is 0 Å². The van der Waals surface area contributed by atoms with Gasteiger partial charge in [0.05, 0.1) is 16.1 Å². The molecule has 0 atom stereocenters. The molecule has 1 aliphatic rings. The monoisotopic (exact) mass is 583 g/mol. The van der Waals surface area contributed by atoms with Crippen LogP contribution in [0.4, 0.5) is 18.9 Å². The first-order chi connectivity index (χ1) is 19.6. The number of hydrogen-bond donors (Lipinski definition) is 3. The Morgan fingerprint density at radius 3 is 2.32 bits per heavy atom. The number of hydrogen-bond acceptors (Lipinski definition) is 4. The maximum Gasteiger partial charge on any atom is 0.417 e. The van der Waals surface area contributed by atoms with Gasteiger partial charge in [0, 0.05) is 23.5 Å². The second kappa shape index (κ2) is 12.1. The van der Waals surface area contributed by atoms with Crippen molar-refractivity contribution in [2.24, 2.45) is 5.92 Å². The number of fused-ring (bicyclic) bond motifs is 1. The Balaban J connectivity index is 1.28. The van der Waals surface area contributed by atoms with Gasteiger partial charge in [0.15, 0.2) is 0 Å². The molecule has 1 fully saturated rings. The second-order valence-electron chi connectivity index (χ2n) is 10.6. The summed E-state index contributed by atoms with van der Waals surface area (Å²) in [5, 5.41) is 3.39. The molecule has 10 heteroatoms. The van der Waals surface area contributed by atoms with Crippen molar-refractivity contribution < 1.29 is 21.6 Å². The lowest BCUT2D eigenvalue weighted by Crippen LogP contribution is -2.25. The number of pyridine rings is 1. The molecule has 1 aliphatic carbocycles. The van der Waals surface area contributed by atoms with Gasteiger partial charge < -0.3 is 10.3 Å². The van der Waals surface area contributed by atoms with Gasteiger partial charge in [0.25, 0.3) is 10.0 Å². The molecule has 41 heavy (non-hydrogen) atoms. The fourth-order valence-corrected chi connectivity index (χ4v) is 6.55. The standard InChI is InChI=1S/C31H32F3N3O3S/c32-31(33,34)27-18-30(38)36-29-15-12-23(17-26(27)29)16-21-10-13-25(14-11-21)41(39,40)37-28-9-5-4-8-24(28)20-35-19-22-6-2-1-3-7-22/h4-5,8-15,17-18,22,35,37H,1-3,6-7,16,19-20H2,(H,36,38). The molecule has 3 aromatic carbocycles. The summed E-state index contributed by atoms with van der Waals surface area (Å²) in [6.07, 6.45) is 1.92. The van der Waals surface area contributed by atoms with E-state index in [0.29, 0.717) is 29.8 Å². The number of anilines is 1. The number of aromatic amines is 1. The van der Waals surface area contributed by atoms with Gasteiger partial charge in [-0.25, -0.2) is 8.42 Å². The van der Waals surface area contributed by atoms with Crippen molar-refractivity contribution in [3.8, 4) is 0 Å². The summed E-state index contributed by atoms with van der Waals surface area (Å²) in [6, 6.07) is 18.6. The van der Waals surface area contributed by atoms with Crippen molar-refractivity contribution in [2.45, 2.75) is 56.1 Å². The fourth-order valence-electron chi connectivity index (χ4n) is 5.45. The molecule has 1 heterocycles. The van der Waals surface area contributed by atoms with Crippen molar-refractivity contribution in [3.05, 3.63) is 105 Å². The first-order valence-corrected chi connectivity index (χ1v) is 15.2. The topological polar surface area (TPSA) is 91.1 Å². The molecule has 6 nitrogen and oxygen atoms in total. The number of aromatic nitrogens is 1. The third-order valence-corrected chi connectivity index (χ3v) is 8.97. The molecule has 3 N–H and O–H groups in total. The normalized spacial score (nSPS) is 14.8. The lowest BCUT2D eigenvalue weighted by Gasteiger charge is -2.22. The molecule has 0 bridgehead atoms. The van der Waals surface area contributed by atoms with Gasteiger partial charge in [-0.3, -0.25) is 9.52 Å². The van der Waals surface area contributed by atoms with E-state index in [2.05, 4.69) is 15.0 Å². The zero-order valence-electron chi connectivity index (χ0n) is 22.4. The number of rotatable bonds is 9. The minimum Gasteiger partial charge on any atom is -0.322 e. The Bertz CT molecular complexity index is 1680. The zero-order chi connectivity index (χ0) is 29.0. The summed E-state index contributed by atoms with van der Waals surface area (Å²) >= 11 is 0. The third kappa shape index (κ3) is 7.18. The van der Waals surface area contributed by atoms with E-state index in [1.807, 2.05) is 12.1 Å². The highest BCUT2D eigenvalue weighted by molar-refractivity contribution is 7.92. The first-order valence-electron chi connectivity index (χ1n) is 13.7. The predicted octanol–water partition coefficient (Wildman–Crippen LogP) is 6.61. The summed E-state index contributed by atoms with van der Waals surface area (Å²) < 4.78 is 69.6. The zero-order valence-corrected chi connectivity index (χ0v) is 23.2. The molecule has 0 amide bonds. The van der Waals surface area contributed by atoms with Crippen molar-refractivity contribution in [1.29, 1.82) is 0 Å². The van der Waals surface area contributed by atoms with Gasteiger partial charge in [-0.05, 0) is 78.7 Å². The molecule has 1 aromatic heterocycles. The van der Waals surface area contributed by atoms with Gasteiger partial charge in [-0.15, -0.1) is 0 Å². The van der Waals surface area contributed by atoms with E-state index in [0.717, 1.165) is 17.7 Å². The van der Waals surface area contributed by atoms with Crippen LogP contribution in [0.1, 0.15) is 54.4 Å². The van der Waals surface area contributed by atoms with E-state index in [9.17, 15) is 26.4 Å². The summed E-state index contributed by atoms with van der Waals surface area (Å²) in [6.45, 7) is 1.47. The van der Waals surface area contributed by atoms with Crippen LogP contribution < -0.4 is 15.6 Å². The van der Waals surface area contributed by atoms with Crippen LogP contribution in [0, 0.1) is 5.92 Å². The van der Waals surface area contributed by atoms with Gasteiger partial charge in [-0.2, -0.15) is 13.2 Å². The number of halogens is 3. The van der Waals surface area contributed by atoms with Crippen LogP contribution in [0.15, 0.2) is 82.5 Å². The van der Waals surface area contributed by atoms with E-state index in [-0.39, 0.29) is 22.2 Å². The average molecular weight is 584 g/mol. The molecule has 5 rings (SSSR count). The Kier molecular flexibility index (Phi) is 8.51. The summed E-state index contributed by atoms with van der Waals surface area (Å²) in [7, 11) is -3.86. The van der Waals surface area contributed by atoms with Gasteiger partial charge in [0.1, 0.15) is 0 Å². The summed E-state index contributed by atoms with van der Waals surface area (Å²) in [4.78, 5) is 14.2. The molecular weight excluding hydrogens is 551 g/mol. The Labute approximate surface area is 237 Å². The fraction of sp³-hybridized carbons (Fsp3) is 0.323. The molecular formula is C31H32F3N3O3S. The Morgan fingerprint density at radius 1 is 0.878 bits per heavy atom. The number of nitrogens with one attached hydrogen (secondary N) is 3. The second-order valence-corrected chi connectivity index (χ2v) is 12.3. The Morgan fingerprint density at radius 2 is 1.59 bits per heavy atom.